The number of hydrogen-bond acceptors (Lipinski definition) is 2. The Morgan fingerprint density at radius 3 is 2.50 bits per heavy atom. The van der Waals surface area contributed by atoms with E-state index in [2.05, 4.69) is 6.92 Å². The Bertz CT molecular complexity index is 130. The summed E-state index contributed by atoms with van der Waals surface area (Å²) in [5, 5.41) is 0. The molecule has 0 aromatic heterocycles. The van der Waals surface area contributed by atoms with Crippen LogP contribution in [0.2, 0.25) is 0 Å². The first-order valence-electron chi connectivity index (χ1n) is 4.97. The van der Waals surface area contributed by atoms with E-state index in [1.54, 1.807) is 7.11 Å². The van der Waals surface area contributed by atoms with Gasteiger partial charge < -0.3 is 10.5 Å². The van der Waals surface area contributed by atoms with Crippen LogP contribution >= 0.6 is 0 Å². The molecule has 1 unspecified atom stereocenters. The van der Waals surface area contributed by atoms with Crippen LogP contribution in [0.1, 0.15) is 39.0 Å². The Labute approximate surface area is 75.5 Å². The van der Waals surface area contributed by atoms with Crippen molar-refractivity contribution in [3.8, 4) is 0 Å². The van der Waals surface area contributed by atoms with Gasteiger partial charge in [0.15, 0.2) is 0 Å². The highest BCUT2D eigenvalue weighted by Gasteiger charge is 2.34. The smallest absolute Gasteiger partial charge is 0.0465 e. The second-order valence-corrected chi connectivity index (χ2v) is 4.12. The van der Waals surface area contributed by atoms with E-state index < -0.39 is 0 Å². The van der Waals surface area contributed by atoms with Crippen molar-refractivity contribution >= 4 is 0 Å². The molecule has 2 N–H and O–H groups in total. The van der Waals surface area contributed by atoms with Gasteiger partial charge in [-0.25, -0.2) is 0 Å². The molecular weight excluding hydrogens is 150 g/mol. The van der Waals surface area contributed by atoms with Crippen molar-refractivity contribution in [2.75, 3.05) is 13.7 Å². The van der Waals surface area contributed by atoms with Crippen molar-refractivity contribution in [3.05, 3.63) is 0 Å². The normalized spacial score (nSPS) is 24.2. The number of hydrogen-bond donors (Lipinski definition) is 1. The molecule has 0 heterocycles. The summed E-state index contributed by atoms with van der Waals surface area (Å²) in [7, 11) is 1.75. The third kappa shape index (κ3) is 2.20. The number of ether oxygens (including phenoxy) is 1. The molecule has 1 aliphatic rings. The molecule has 1 fully saturated rings. The lowest BCUT2D eigenvalue weighted by Gasteiger charge is -2.31. The molecule has 72 valence electrons. The fourth-order valence-corrected chi connectivity index (χ4v) is 2.11. The fourth-order valence-electron chi connectivity index (χ4n) is 2.11. The van der Waals surface area contributed by atoms with E-state index in [0.29, 0.717) is 5.92 Å². The van der Waals surface area contributed by atoms with Crippen molar-refractivity contribution < 1.29 is 4.74 Å². The molecule has 0 amide bonds. The zero-order chi connectivity index (χ0) is 9.03. The molecule has 0 aliphatic heterocycles. The molecule has 0 aromatic rings. The lowest BCUT2D eigenvalue weighted by molar-refractivity contribution is 0.156. The SMILES string of the molecule is COCCC(C)C1(N)CCCC1. The van der Waals surface area contributed by atoms with Gasteiger partial charge in [-0.3, -0.25) is 0 Å². The Hall–Kier alpha value is -0.0800. The van der Waals surface area contributed by atoms with E-state index in [-0.39, 0.29) is 5.54 Å². The summed E-state index contributed by atoms with van der Waals surface area (Å²) in [5.74, 6) is 0.611. The molecule has 1 aliphatic carbocycles. The van der Waals surface area contributed by atoms with Crippen LogP contribution in [-0.2, 0) is 4.74 Å². The summed E-state index contributed by atoms with van der Waals surface area (Å²) >= 11 is 0. The maximum Gasteiger partial charge on any atom is 0.0465 e. The predicted molar refractivity (Wildman–Crippen MR) is 51.0 cm³/mol. The Kier molecular flexibility index (Phi) is 3.53. The zero-order valence-corrected chi connectivity index (χ0v) is 8.31. The highest BCUT2D eigenvalue weighted by molar-refractivity contribution is 4.93. The molecule has 2 heteroatoms. The van der Waals surface area contributed by atoms with Crippen LogP contribution in [-0.4, -0.2) is 19.3 Å². The Morgan fingerprint density at radius 1 is 1.42 bits per heavy atom. The molecule has 2 nitrogen and oxygen atoms in total. The van der Waals surface area contributed by atoms with Gasteiger partial charge in [0.25, 0.3) is 0 Å². The maximum atomic E-state index is 6.29. The second-order valence-electron chi connectivity index (χ2n) is 4.12. The van der Waals surface area contributed by atoms with Gasteiger partial charge in [0.05, 0.1) is 0 Å². The number of nitrogens with two attached hydrogens (primary N) is 1. The second kappa shape index (κ2) is 4.24. The van der Waals surface area contributed by atoms with E-state index in [4.69, 9.17) is 10.5 Å². The molecule has 0 aromatic carbocycles. The highest BCUT2D eigenvalue weighted by atomic mass is 16.5. The average Bonchev–Trinajstić information content (AvgIpc) is 2.49. The summed E-state index contributed by atoms with van der Waals surface area (Å²) in [5.41, 5.74) is 6.41. The summed E-state index contributed by atoms with van der Waals surface area (Å²) < 4.78 is 5.06. The summed E-state index contributed by atoms with van der Waals surface area (Å²) in [6.45, 7) is 3.10. The molecule has 0 spiro atoms. The largest absolute Gasteiger partial charge is 0.385 e. The molecular formula is C10H21NO. The molecule has 0 saturated heterocycles. The first-order valence-corrected chi connectivity index (χ1v) is 4.97. The molecule has 12 heavy (non-hydrogen) atoms. The first-order chi connectivity index (χ1) is 5.69. The van der Waals surface area contributed by atoms with Crippen LogP contribution in [0.15, 0.2) is 0 Å². The third-order valence-electron chi connectivity index (χ3n) is 3.27. The van der Waals surface area contributed by atoms with Crippen LogP contribution in [0.5, 0.6) is 0 Å². The summed E-state index contributed by atoms with van der Waals surface area (Å²) in [6.07, 6.45) is 6.14. The highest BCUT2D eigenvalue weighted by Crippen LogP contribution is 2.34. The summed E-state index contributed by atoms with van der Waals surface area (Å²) in [6, 6.07) is 0. The zero-order valence-electron chi connectivity index (χ0n) is 8.31. The molecule has 0 bridgehead atoms. The van der Waals surface area contributed by atoms with E-state index in [9.17, 15) is 0 Å². The molecule has 0 radical (unpaired) electrons. The van der Waals surface area contributed by atoms with Crippen molar-refractivity contribution in [2.45, 2.75) is 44.6 Å². The minimum Gasteiger partial charge on any atom is -0.385 e. The summed E-state index contributed by atoms with van der Waals surface area (Å²) in [4.78, 5) is 0. The number of rotatable bonds is 4. The van der Waals surface area contributed by atoms with Gasteiger partial charge in [0.1, 0.15) is 0 Å². The first kappa shape index (κ1) is 10.0. The van der Waals surface area contributed by atoms with E-state index in [1.807, 2.05) is 0 Å². The van der Waals surface area contributed by atoms with Gasteiger partial charge in [-0.1, -0.05) is 19.8 Å². The standard InChI is InChI=1S/C10H21NO/c1-9(5-8-12-2)10(11)6-3-4-7-10/h9H,3-8,11H2,1-2H3. The molecule has 1 atom stereocenters. The number of methoxy groups -OCH3 is 1. The van der Waals surface area contributed by atoms with E-state index in [0.717, 1.165) is 13.0 Å². The van der Waals surface area contributed by atoms with Crippen LogP contribution in [0.25, 0.3) is 0 Å². The lowest BCUT2D eigenvalue weighted by Crippen LogP contribution is -2.43. The third-order valence-corrected chi connectivity index (χ3v) is 3.27. The quantitative estimate of drug-likeness (QED) is 0.701. The van der Waals surface area contributed by atoms with Crippen molar-refractivity contribution in [3.63, 3.8) is 0 Å². The lowest BCUT2D eigenvalue weighted by atomic mass is 9.83. The molecule has 1 rings (SSSR count). The van der Waals surface area contributed by atoms with Gasteiger partial charge in [-0.15, -0.1) is 0 Å². The van der Waals surface area contributed by atoms with Crippen molar-refractivity contribution in [2.24, 2.45) is 11.7 Å². The van der Waals surface area contributed by atoms with Gasteiger partial charge in [0, 0.05) is 19.3 Å². The predicted octanol–water partition coefficient (Wildman–Crippen LogP) is 1.93. The average molecular weight is 171 g/mol. The van der Waals surface area contributed by atoms with Crippen molar-refractivity contribution in [1.29, 1.82) is 0 Å². The Balaban J connectivity index is 2.33. The van der Waals surface area contributed by atoms with Crippen LogP contribution in [0.3, 0.4) is 0 Å². The van der Waals surface area contributed by atoms with E-state index >= 15 is 0 Å². The van der Waals surface area contributed by atoms with Crippen LogP contribution in [0.4, 0.5) is 0 Å². The van der Waals surface area contributed by atoms with Gasteiger partial charge >= 0.3 is 0 Å². The maximum absolute atomic E-state index is 6.29. The minimum absolute atomic E-state index is 0.124. The minimum atomic E-state index is 0.124. The van der Waals surface area contributed by atoms with Gasteiger partial charge in [0.2, 0.25) is 0 Å². The van der Waals surface area contributed by atoms with Crippen LogP contribution < -0.4 is 5.73 Å². The van der Waals surface area contributed by atoms with Crippen LogP contribution in [0, 0.1) is 5.92 Å². The van der Waals surface area contributed by atoms with Gasteiger partial charge in [-0.2, -0.15) is 0 Å². The monoisotopic (exact) mass is 171 g/mol. The fraction of sp³-hybridized carbons (Fsp3) is 1.00. The van der Waals surface area contributed by atoms with Crippen molar-refractivity contribution in [1.82, 2.24) is 0 Å². The van der Waals surface area contributed by atoms with E-state index in [1.165, 1.54) is 25.7 Å². The van der Waals surface area contributed by atoms with Gasteiger partial charge in [-0.05, 0) is 25.2 Å². The molecule has 1 saturated carbocycles. The Morgan fingerprint density at radius 2 is 2.00 bits per heavy atom. The topological polar surface area (TPSA) is 35.2 Å².